The van der Waals surface area contributed by atoms with Crippen LogP contribution in [-0.2, 0) is 14.9 Å². The maximum atomic E-state index is 13.0. The first kappa shape index (κ1) is 26.9. The molecule has 1 aliphatic heterocycles. The predicted octanol–water partition coefficient (Wildman–Crippen LogP) is 5.63. The molecule has 0 bridgehead atoms. The zero-order chi connectivity index (χ0) is 28.3. The molecule has 5 rings (SSSR count). The molecule has 0 N–H and O–H groups in total. The molecule has 0 unspecified atom stereocenters. The molecule has 4 aromatic rings. The minimum atomic E-state index is -4.34. The Hall–Kier alpha value is -4.68. The summed E-state index contributed by atoms with van der Waals surface area (Å²) in [6.45, 7) is 0.115. The van der Waals surface area contributed by atoms with E-state index in [1.807, 2.05) is 42.5 Å². The number of carbonyl (C=O) groups is 2. The van der Waals surface area contributed by atoms with Crippen LogP contribution in [0.25, 0.3) is 16.8 Å². The van der Waals surface area contributed by atoms with Gasteiger partial charge in [0.25, 0.3) is 16.8 Å². The van der Waals surface area contributed by atoms with Gasteiger partial charge in [-0.2, -0.15) is 8.42 Å². The summed E-state index contributed by atoms with van der Waals surface area (Å²) in [7, 11) is -4.34. The standard InChI is InChI=1S/C28H20N2O8S2/c31-27-26(39-28(32)29(27)16-17-37-25-11-5-8-19-6-1-3-9-23(19)25)18-20-7-2-4-10-24(20)38-40(35,36)22-14-12-21(13-15-22)30(33)34/h1-15,18H,16-17H2/b26-18-. The molecular formula is C28H20N2O8S2. The zero-order valence-electron chi connectivity index (χ0n) is 20.6. The van der Waals surface area contributed by atoms with Crippen molar-refractivity contribution < 1.29 is 31.9 Å². The number of hydrogen-bond acceptors (Lipinski definition) is 9. The van der Waals surface area contributed by atoms with Crippen LogP contribution >= 0.6 is 11.8 Å². The first-order valence-electron chi connectivity index (χ1n) is 11.9. The highest BCUT2D eigenvalue weighted by Crippen LogP contribution is 2.35. The number of ether oxygens (including phenoxy) is 1. The van der Waals surface area contributed by atoms with E-state index >= 15 is 0 Å². The van der Waals surface area contributed by atoms with Crippen molar-refractivity contribution in [1.29, 1.82) is 0 Å². The van der Waals surface area contributed by atoms with Crippen molar-refractivity contribution in [1.82, 2.24) is 4.90 Å². The van der Waals surface area contributed by atoms with Gasteiger partial charge in [-0.05, 0) is 47.5 Å². The lowest BCUT2D eigenvalue weighted by Gasteiger charge is -2.14. The predicted molar refractivity (Wildman–Crippen MR) is 149 cm³/mol. The van der Waals surface area contributed by atoms with E-state index in [0.29, 0.717) is 5.75 Å². The molecule has 1 heterocycles. The summed E-state index contributed by atoms with van der Waals surface area (Å²) >= 11 is 0.727. The molecule has 0 saturated carbocycles. The van der Waals surface area contributed by atoms with Crippen molar-refractivity contribution in [2.24, 2.45) is 0 Å². The monoisotopic (exact) mass is 576 g/mol. The first-order chi connectivity index (χ1) is 19.2. The van der Waals surface area contributed by atoms with Crippen molar-refractivity contribution in [3.05, 3.63) is 112 Å². The van der Waals surface area contributed by atoms with Crippen LogP contribution in [0.3, 0.4) is 0 Å². The Labute approximate surface area is 233 Å². The number of nitro groups is 1. The van der Waals surface area contributed by atoms with Crippen LogP contribution in [0.5, 0.6) is 11.5 Å². The maximum absolute atomic E-state index is 13.0. The quantitative estimate of drug-likeness (QED) is 0.108. The molecule has 12 heteroatoms. The molecule has 0 aromatic heterocycles. The molecule has 1 saturated heterocycles. The van der Waals surface area contributed by atoms with Crippen molar-refractivity contribution in [2.45, 2.75) is 4.90 Å². The third kappa shape index (κ3) is 5.67. The fraction of sp³-hybridized carbons (Fsp3) is 0.0714. The second kappa shape index (κ2) is 11.2. The van der Waals surface area contributed by atoms with E-state index < -0.39 is 26.2 Å². The highest BCUT2D eigenvalue weighted by Gasteiger charge is 2.35. The average molecular weight is 577 g/mol. The van der Waals surface area contributed by atoms with Crippen LogP contribution in [0.1, 0.15) is 5.56 Å². The molecule has 1 aliphatic rings. The van der Waals surface area contributed by atoms with Crippen molar-refractivity contribution in [2.75, 3.05) is 13.2 Å². The van der Waals surface area contributed by atoms with Crippen molar-refractivity contribution in [3.8, 4) is 11.5 Å². The van der Waals surface area contributed by atoms with Gasteiger partial charge in [0.1, 0.15) is 23.0 Å². The number of imide groups is 1. The van der Waals surface area contributed by atoms with Gasteiger partial charge in [0.15, 0.2) is 0 Å². The number of thioether (sulfide) groups is 1. The van der Waals surface area contributed by atoms with E-state index in [1.165, 1.54) is 18.2 Å². The summed E-state index contributed by atoms with van der Waals surface area (Å²) in [4.78, 5) is 36.7. The Bertz CT molecular complexity index is 1760. The highest BCUT2D eigenvalue weighted by molar-refractivity contribution is 8.18. The number of nitrogens with zero attached hydrogens (tertiary/aromatic N) is 2. The van der Waals surface area contributed by atoms with E-state index in [9.17, 15) is 28.1 Å². The zero-order valence-corrected chi connectivity index (χ0v) is 22.3. The number of non-ortho nitro benzene ring substituents is 1. The molecule has 2 amide bonds. The Kier molecular flexibility index (Phi) is 7.54. The molecule has 40 heavy (non-hydrogen) atoms. The number of fused-ring (bicyclic) bond motifs is 1. The van der Waals surface area contributed by atoms with Gasteiger partial charge in [-0.1, -0.05) is 54.6 Å². The minimum absolute atomic E-state index is 0.0257. The lowest BCUT2D eigenvalue weighted by Crippen LogP contribution is -2.32. The van der Waals surface area contributed by atoms with Crippen LogP contribution in [0.4, 0.5) is 10.5 Å². The van der Waals surface area contributed by atoms with Gasteiger partial charge in [0, 0.05) is 23.1 Å². The average Bonchev–Trinajstić information content (AvgIpc) is 3.21. The lowest BCUT2D eigenvalue weighted by atomic mass is 10.1. The molecule has 10 nitrogen and oxygen atoms in total. The number of benzene rings is 4. The fourth-order valence-corrected chi connectivity index (χ4v) is 5.79. The van der Waals surface area contributed by atoms with Gasteiger partial charge in [-0.3, -0.25) is 24.6 Å². The number of hydrogen-bond donors (Lipinski definition) is 0. The Morgan fingerprint density at radius 1 is 0.875 bits per heavy atom. The minimum Gasteiger partial charge on any atom is -0.491 e. The number of para-hydroxylation sites is 1. The van der Waals surface area contributed by atoms with Crippen LogP contribution < -0.4 is 8.92 Å². The summed E-state index contributed by atoms with van der Waals surface area (Å²) in [6, 6.07) is 23.7. The summed E-state index contributed by atoms with van der Waals surface area (Å²) < 4.78 is 36.7. The van der Waals surface area contributed by atoms with Crippen LogP contribution in [-0.4, -0.2) is 42.5 Å². The molecule has 0 spiro atoms. The normalized spacial score (nSPS) is 14.6. The molecule has 4 aromatic carbocycles. The van der Waals surface area contributed by atoms with Crippen molar-refractivity contribution >= 4 is 55.6 Å². The third-order valence-electron chi connectivity index (χ3n) is 5.94. The van der Waals surface area contributed by atoms with Gasteiger partial charge in [-0.25, -0.2) is 0 Å². The second-order valence-electron chi connectivity index (χ2n) is 8.49. The molecule has 0 radical (unpaired) electrons. The first-order valence-corrected chi connectivity index (χ1v) is 14.1. The molecule has 202 valence electrons. The molecule has 1 fully saturated rings. The smallest absolute Gasteiger partial charge is 0.339 e. The molecule has 0 aliphatic carbocycles. The van der Waals surface area contributed by atoms with E-state index in [-0.39, 0.29) is 40.0 Å². The Morgan fingerprint density at radius 3 is 2.33 bits per heavy atom. The molecular weight excluding hydrogens is 556 g/mol. The topological polar surface area (TPSA) is 133 Å². The number of nitro benzene ring substituents is 1. The fourth-order valence-electron chi connectivity index (χ4n) is 3.98. The Morgan fingerprint density at radius 2 is 1.55 bits per heavy atom. The van der Waals surface area contributed by atoms with Crippen LogP contribution in [0.2, 0.25) is 0 Å². The van der Waals surface area contributed by atoms with E-state index in [2.05, 4.69) is 0 Å². The van der Waals surface area contributed by atoms with Gasteiger partial charge in [-0.15, -0.1) is 0 Å². The van der Waals surface area contributed by atoms with Crippen LogP contribution in [0.15, 0.2) is 101 Å². The second-order valence-corrected chi connectivity index (χ2v) is 11.0. The van der Waals surface area contributed by atoms with Gasteiger partial charge < -0.3 is 8.92 Å². The van der Waals surface area contributed by atoms with Gasteiger partial charge in [0.05, 0.1) is 16.4 Å². The SMILES string of the molecule is O=C1S/C(=C\c2ccccc2OS(=O)(=O)c2ccc([N+](=O)[O-])cc2)C(=O)N1CCOc1cccc2ccccc12. The largest absolute Gasteiger partial charge is 0.491 e. The lowest BCUT2D eigenvalue weighted by molar-refractivity contribution is -0.384. The summed E-state index contributed by atoms with van der Waals surface area (Å²) in [5.41, 5.74) is -0.0110. The number of carbonyl (C=O) groups excluding carboxylic acids is 2. The highest BCUT2D eigenvalue weighted by atomic mass is 32.2. The van der Waals surface area contributed by atoms with Gasteiger partial charge >= 0.3 is 10.1 Å². The number of rotatable bonds is 9. The summed E-state index contributed by atoms with van der Waals surface area (Å²) in [6.07, 6.45) is 1.39. The van der Waals surface area contributed by atoms with E-state index in [0.717, 1.165) is 51.7 Å². The van der Waals surface area contributed by atoms with E-state index in [4.69, 9.17) is 8.92 Å². The maximum Gasteiger partial charge on any atom is 0.339 e. The molecule has 0 atom stereocenters. The number of amides is 2. The summed E-state index contributed by atoms with van der Waals surface area (Å²) in [5.74, 6) is 0.0254. The van der Waals surface area contributed by atoms with Crippen molar-refractivity contribution in [3.63, 3.8) is 0 Å². The Balaban J connectivity index is 1.30. The summed E-state index contributed by atoms with van der Waals surface area (Å²) in [5, 5.41) is 12.3. The van der Waals surface area contributed by atoms with E-state index in [1.54, 1.807) is 12.1 Å². The van der Waals surface area contributed by atoms with Crippen LogP contribution in [0, 0.1) is 10.1 Å². The van der Waals surface area contributed by atoms with Gasteiger partial charge in [0.2, 0.25) is 0 Å². The third-order valence-corrected chi connectivity index (χ3v) is 8.09.